The zero-order valence-electron chi connectivity index (χ0n) is 14.2. The summed E-state index contributed by atoms with van der Waals surface area (Å²) in [6.07, 6.45) is 0.400. The van der Waals surface area contributed by atoms with Gasteiger partial charge in [-0.15, -0.1) is 11.3 Å². The molecule has 3 heterocycles. The normalized spacial score (nSPS) is 13.0. The maximum Gasteiger partial charge on any atom is 0.230 e. The Kier molecular flexibility index (Phi) is 4.39. The number of anilines is 1. The molecule has 0 saturated heterocycles. The van der Waals surface area contributed by atoms with Crippen molar-refractivity contribution in [3.63, 3.8) is 0 Å². The van der Waals surface area contributed by atoms with Gasteiger partial charge < -0.3 is 5.32 Å². The van der Waals surface area contributed by atoms with E-state index in [1.807, 2.05) is 34.0 Å². The predicted molar refractivity (Wildman–Crippen MR) is 105 cm³/mol. The van der Waals surface area contributed by atoms with Gasteiger partial charge in [0.05, 0.1) is 17.8 Å². The van der Waals surface area contributed by atoms with Gasteiger partial charge in [0.1, 0.15) is 5.82 Å². The summed E-state index contributed by atoms with van der Waals surface area (Å²) in [5.41, 5.74) is 5.64. The van der Waals surface area contributed by atoms with Crippen LogP contribution in [0.5, 0.6) is 0 Å². The maximum atomic E-state index is 12.5. The van der Waals surface area contributed by atoms with Gasteiger partial charge in [-0.1, -0.05) is 23.8 Å². The van der Waals surface area contributed by atoms with Gasteiger partial charge in [0, 0.05) is 21.9 Å². The molecule has 2 aromatic heterocycles. The molecule has 0 saturated carbocycles. The van der Waals surface area contributed by atoms with Crippen LogP contribution >= 0.6 is 23.1 Å². The lowest BCUT2D eigenvalue weighted by Gasteiger charge is -2.13. The Morgan fingerprint density at radius 2 is 2.16 bits per heavy atom. The van der Waals surface area contributed by atoms with Crippen LogP contribution in [0.2, 0.25) is 0 Å². The third-order valence-electron chi connectivity index (χ3n) is 4.31. The van der Waals surface area contributed by atoms with E-state index in [4.69, 9.17) is 5.10 Å². The van der Waals surface area contributed by atoms with Gasteiger partial charge in [0.2, 0.25) is 5.91 Å². The summed E-state index contributed by atoms with van der Waals surface area (Å²) in [6.45, 7) is 4.17. The number of carbonyl (C=O) groups excluding carboxylic acids is 1. The number of carbonyl (C=O) groups is 1. The highest BCUT2D eigenvalue weighted by Crippen LogP contribution is 2.36. The minimum Gasteiger partial charge on any atom is -0.310 e. The fourth-order valence-electron chi connectivity index (χ4n) is 3.11. The number of nitrogens with one attached hydrogen (secondary N) is 1. The fraction of sp³-hybridized carbons (Fsp3) is 0.263. The van der Waals surface area contributed by atoms with Crippen molar-refractivity contribution in [2.75, 3.05) is 5.32 Å². The number of hydrogen-bond donors (Lipinski definition) is 1. The number of benzene rings is 1. The molecule has 6 heteroatoms. The van der Waals surface area contributed by atoms with E-state index in [0.717, 1.165) is 44.7 Å². The van der Waals surface area contributed by atoms with Gasteiger partial charge in [-0.05, 0) is 36.9 Å². The SMILES string of the molecule is Cc1ccc(-n2nc3c(c2NC(=O)Cc2cccs2)CSC3)c(C)c1. The number of amides is 1. The van der Waals surface area contributed by atoms with E-state index in [1.54, 1.807) is 11.3 Å². The van der Waals surface area contributed by atoms with Crippen LogP contribution in [0.3, 0.4) is 0 Å². The highest BCUT2D eigenvalue weighted by atomic mass is 32.2. The van der Waals surface area contributed by atoms with Crippen LogP contribution in [0.1, 0.15) is 27.3 Å². The van der Waals surface area contributed by atoms with E-state index in [0.29, 0.717) is 6.42 Å². The lowest BCUT2D eigenvalue weighted by molar-refractivity contribution is -0.115. The first-order chi connectivity index (χ1) is 12.1. The van der Waals surface area contributed by atoms with Crippen molar-refractivity contribution >= 4 is 34.8 Å². The van der Waals surface area contributed by atoms with Crippen molar-refractivity contribution in [1.82, 2.24) is 9.78 Å². The lowest BCUT2D eigenvalue weighted by Crippen LogP contribution is -2.18. The van der Waals surface area contributed by atoms with Crippen molar-refractivity contribution < 1.29 is 4.79 Å². The Morgan fingerprint density at radius 3 is 2.92 bits per heavy atom. The maximum absolute atomic E-state index is 12.5. The fourth-order valence-corrected chi connectivity index (χ4v) is 4.84. The van der Waals surface area contributed by atoms with Crippen LogP contribution < -0.4 is 5.32 Å². The first-order valence-corrected chi connectivity index (χ1v) is 10.2. The first-order valence-electron chi connectivity index (χ1n) is 8.20. The van der Waals surface area contributed by atoms with E-state index in [1.165, 1.54) is 5.56 Å². The summed E-state index contributed by atoms with van der Waals surface area (Å²) in [6, 6.07) is 10.3. The molecule has 0 spiro atoms. The summed E-state index contributed by atoms with van der Waals surface area (Å²) >= 11 is 3.45. The van der Waals surface area contributed by atoms with Gasteiger partial charge in [0.25, 0.3) is 0 Å². The number of aromatic nitrogens is 2. The molecule has 1 aliphatic heterocycles. The van der Waals surface area contributed by atoms with Crippen LogP contribution in [0.25, 0.3) is 5.69 Å². The summed E-state index contributed by atoms with van der Waals surface area (Å²) in [4.78, 5) is 13.6. The Bertz CT molecular complexity index is 929. The quantitative estimate of drug-likeness (QED) is 0.738. The first kappa shape index (κ1) is 16.4. The summed E-state index contributed by atoms with van der Waals surface area (Å²) < 4.78 is 1.91. The second kappa shape index (κ2) is 6.69. The van der Waals surface area contributed by atoms with Crippen LogP contribution in [0, 0.1) is 13.8 Å². The molecule has 0 fully saturated rings. The molecular weight excluding hydrogens is 350 g/mol. The van der Waals surface area contributed by atoms with Gasteiger partial charge >= 0.3 is 0 Å². The van der Waals surface area contributed by atoms with Crippen LogP contribution in [0.15, 0.2) is 35.7 Å². The molecule has 0 aliphatic carbocycles. The molecule has 4 nitrogen and oxygen atoms in total. The van der Waals surface area contributed by atoms with Crippen LogP contribution in [0.4, 0.5) is 5.82 Å². The standard InChI is InChI=1S/C19H19N3OS2/c1-12-5-6-17(13(2)8-12)22-19(15-10-24-11-16(15)21-22)20-18(23)9-14-4-3-7-25-14/h3-8H,9-11H2,1-2H3,(H,20,23). The molecule has 3 aromatic rings. The van der Waals surface area contributed by atoms with E-state index in [2.05, 4.69) is 37.4 Å². The number of aryl methyl sites for hydroxylation is 2. The molecule has 1 aliphatic rings. The second-order valence-corrected chi connectivity index (χ2v) is 8.29. The number of nitrogens with zero attached hydrogens (tertiary/aromatic N) is 2. The number of fused-ring (bicyclic) bond motifs is 1. The van der Waals surface area contributed by atoms with Crippen molar-refractivity contribution in [3.8, 4) is 5.69 Å². The average molecular weight is 370 g/mol. The summed E-state index contributed by atoms with van der Waals surface area (Å²) in [5.74, 6) is 2.64. The molecule has 0 radical (unpaired) electrons. The zero-order chi connectivity index (χ0) is 17.4. The third-order valence-corrected chi connectivity index (χ3v) is 6.15. The van der Waals surface area contributed by atoms with E-state index >= 15 is 0 Å². The summed E-state index contributed by atoms with van der Waals surface area (Å²) in [7, 11) is 0. The number of thioether (sulfide) groups is 1. The predicted octanol–water partition coefficient (Wildman–Crippen LogP) is 4.48. The third kappa shape index (κ3) is 3.24. The topological polar surface area (TPSA) is 46.9 Å². The number of rotatable bonds is 4. The molecule has 1 aromatic carbocycles. The molecule has 1 N–H and O–H groups in total. The summed E-state index contributed by atoms with van der Waals surface area (Å²) in [5, 5.41) is 9.91. The van der Waals surface area contributed by atoms with Crippen molar-refractivity contribution in [2.45, 2.75) is 31.8 Å². The van der Waals surface area contributed by atoms with Gasteiger partial charge in [-0.25, -0.2) is 4.68 Å². The van der Waals surface area contributed by atoms with E-state index in [9.17, 15) is 4.79 Å². The lowest BCUT2D eigenvalue weighted by atomic mass is 10.1. The number of thiophene rings is 1. The Morgan fingerprint density at radius 1 is 1.28 bits per heavy atom. The highest BCUT2D eigenvalue weighted by Gasteiger charge is 2.25. The Hall–Kier alpha value is -2.05. The van der Waals surface area contributed by atoms with Crippen molar-refractivity contribution in [1.29, 1.82) is 0 Å². The van der Waals surface area contributed by atoms with Crippen LogP contribution in [-0.2, 0) is 22.7 Å². The second-order valence-electron chi connectivity index (χ2n) is 6.27. The molecular formula is C19H19N3OS2. The molecule has 128 valence electrons. The largest absolute Gasteiger partial charge is 0.310 e. The van der Waals surface area contributed by atoms with Crippen molar-refractivity contribution in [2.24, 2.45) is 0 Å². The molecule has 0 bridgehead atoms. The minimum absolute atomic E-state index is 0.00747. The number of hydrogen-bond acceptors (Lipinski definition) is 4. The zero-order valence-corrected chi connectivity index (χ0v) is 15.8. The van der Waals surface area contributed by atoms with Crippen molar-refractivity contribution in [3.05, 3.63) is 63.0 Å². The van der Waals surface area contributed by atoms with Crippen LogP contribution in [-0.4, -0.2) is 15.7 Å². The highest BCUT2D eigenvalue weighted by molar-refractivity contribution is 7.98. The minimum atomic E-state index is 0.00747. The van der Waals surface area contributed by atoms with Gasteiger partial charge in [0.15, 0.2) is 0 Å². The Labute approximate surface area is 155 Å². The smallest absolute Gasteiger partial charge is 0.230 e. The van der Waals surface area contributed by atoms with Gasteiger partial charge in [-0.2, -0.15) is 16.9 Å². The van der Waals surface area contributed by atoms with E-state index < -0.39 is 0 Å². The van der Waals surface area contributed by atoms with Gasteiger partial charge in [-0.3, -0.25) is 4.79 Å². The Balaban J connectivity index is 1.70. The molecule has 0 unspecified atom stereocenters. The monoisotopic (exact) mass is 369 g/mol. The molecule has 4 rings (SSSR count). The molecule has 25 heavy (non-hydrogen) atoms. The average Bonchev–Trinajstić information content (AvgIpc) is 3.27. The van der Waals surface area contributed by atoms with E-state index in [-0.39, 0.29) is 5.91 Å². The molecule has 1 amide bonds. The molecule has 0 atom stereocenters.